The van der Waals surface area contributed by atoms with Gasteiger partial charge in [0.1, 0.15) is 5.82 Å². The number of hydrogen-bond acceptors (Lipinski definition) is 2. The van der Waals surface area contributed by atoms with Gasteiger partial charge in [0.2, 0.25) is 5.91 Å². The van der Waals surface area contributed by atoms with Crippen LogP contribution in [0.3, 0.4) is 0 Å². The average molecular weight is 405 g/mol. The summed E-state index contributed by atoms with van der Waals surface area (Å²) in [5.41, 5.74) is 8.33. The van der Waals surface area contributed by atoms with Crippen molar-refractivity contribution in [1.29, 1.82) is 0 Å². The summed E-state index contributed by atoms with van der Waals surface area (Å²) in [6.45, 7) is 2.31. The van der Waals surface area contributed by atoms with Gasteiger partial charge < -0.3 is 11.1 Å². The van der Waals surface area contributed by atoms with E-state index >= 15 is 0 Å². The molecule has 2 fully saturated rings. The highest BCUT2D eigenvalue weighted by atomic mass is 19.1. The molecule has 0 saturated heterocycles. The third kappa shape index (κ3) is 4.91. The summed E-state index contributed by atoms with van der Waals surface area (Å²) in [5.74, 6) is 5.97. The first kappa shape index (κ1) is 20.6. The van der Waals surface area contributed by atoms with E-state index in [2.05, 4.69) is 24.1 Å². The highest BCUT2D eigenvalue weighted by molar-refractivity contribution is 5.94. The quantitative estimate of drug-likeness (QED) is 0.718. The van der Waals surface area contributed by atoms with Crippen molar-refractivity contribution in [3.8, 4) is 11.8 Å². The molecule has 2 saturated carbocycles. The SMILES string of the molecule is CC1CCC(Cc2cc(C#Cc3ccccc3F)ccc2C(N)=O)(NC2CC2)CC1. The van der Waals surface area contributed by atoms with Crippen LogP contribution in [0, 0.1) is 23.6 Å². The Kier molecular flexibility index (Phi) is 5.92. The molecule has 156 valence electrons. The maximum atomic E-state index is 13.9. The largest absolute Gasteiger partial charge is 0.366 e. The molecule has 2 aliphatic carbocycles. The molecule has 4 heteroatoms. The summed E-state index contributed by atoms with van der Waals surface area (Å²) in [5, 5.41) is 3.89. The summed E-state index contributed by atoms with van der Waals surface area (Å²) in [6.07, 6.45) is 7.82. The smallest absolute Gasteiger partial charge is 0.248 e. The monoisotopic (exact) mass is 404 g/mol. The molecule has 0 aliphatic heterocycles. The second-order valence-electron chi connectivity index (χ2n) is 9.02. The van der Waals surface area contributed by atoms with E-state index in [9.17, 15) is 9.18 Å². The molecule has 0 bridgehead atoms. The Morgan fingerprint density at radius 1 is 1.13 bits per heavy atom. The molecule has 0 unspecified atom stereocenters. The lowest BCUT2D eigenvalue weighted by Crippen LogP contribution is -2.50. The van der Waals surface area contributed by atoms with Gasteiger partial charge in [-0.25, -0.2) is 4.39 Å². The fourth-order valence-electron chi connectivity index (χ4n) is 4.47. The van der Waals surface area contributed by atoms with Gasteiger partial charge in [-0.1, -0.05) is 30.9 Å². The fourth-order valence-corrected chi connectivity index (χ4v) is 4.47. The topological polar surface area (TPSA) is 55.1 Å². The van der Waals surface area contributed by atoms with Crippen LogP contribution in [0.1, 0.15) is 72.5 Å². The molecule has 4 rings (SSSR count). The number of hydrogen-bond donors (Lipinski definition) is 2. The molecule has 3 N–H and O–H groups in total. The molecule has 0 atom stereocenters. The van der Waals surface area contributed by atoms with Crippen molar-refractivity contribution >= 4 is 5.91 Å². The lowest BCUT2D eigenvalue weighted by atomic mass is 9.73. The average Bonchev–Trinajstić information content (AvgIpc) is 3.53. The zero-order valence-corrected chi connectivity index (χ0v) is 17.5. The predicted octanol–water partition coefficient (Wildman–Crippen LogP) is 4.57. The molecule has 0 aromatic heterocycles. The minimum atomic E-state index is -0.413. The summed E-state index contributed by atoms with van der Waals surface area (Å²) in [4.78, 5) is 12.1. The first-order chi connectivity index (χ1) is 14.4. The third-order valence-electron chi connectivity index (χ3n) is 6.43. The van der Waals surface area contributed by atoms with Gasteiger partial charge in [0.05, 0.1) is 5.56 Å². The van der Waals surface area contributed by atoms with Crippen LogP contribution in [0.4, 0.5) is 4.39 Å². The number of carbonyl (C=O) groups excluding carboxylic acids is 1. The summed E-state index contributed by atoms with van der Waals surface area (Å²) < 4.78 is 13.9. The number of nitrogens with one attached hydrogen (secondary N) is 1. The lowest BCUT2D eigenvalue weighted by molar-refractivity contribution is 0.0998. The zero-order chi connectivity index (χ0) is 21.1. The van der Waals surface area contributed by atoms with E-state index in [1.807, 2.05) is 6.07 Å². The summed E-state index contributed by atoms with van der Waals surface area (Å²) in [6, 6.07) is 12.6. The Morgan fingerprint density at radius 3 is 2.53 bits per heavy atom. The maximum Gasteiger partial charge on any atom is 0.248 e. The number of primary amides is 1. The summed E-state index contributed by atoms with van der Waals surface area (Å²) in [7, 11) is 0. The van der Waals surface area contributed by atoms with Crippen molar-refractivity contribution in [2.75, 3.05) is 0 Å². The van der Waals surface area contributed by atoms with Crippen LogP contribution in [-0.4, -0.2) is 17.5 Å². The third-order valence-corrected chi connectivity index (χ3v) is 6.43. The number of benzene rings is 2. The van der Waals surface area contributed by atoms with Crippen molar-refractivity contribution in [2.24, 2.45) is 11.7 Å². The van der Waals surface area contributed by atoms with Gasteiger partial charge in [-0.2, -0.15) is 0 Å². The molecular formula is C26H29FN2O. The molecule has 2 aromatic carbocycles. The van der Waals surface area contributed by atoms with Gasteiger partial charge in [-0.3, -0.25) is 4.79 Å². The van der Waals surface area contributed by atoms with Gasteiger partial charge in [-0.15, -0.1) is 0 Å². The van der Waals surface area contributed by atoms with Crippen LogP contribution in [0.25, 0.3) is 0 Å². The van der Waals surface area contributed by atoms with Crippen molar-refractivity contribution < 1.29 is 9.18 Å². The molecule has 3 nitrogen and oxygen atoms in total. The Labute approximate surface area is 178 Å². The van der Waals surface area contributed by atoms with E-state index in [1.54, 1.807) is 30.3 Å². The van der Waals surface area contributed by atoms with E-state index in [0.717, 1.165) is 36.3 Å². The van der Waals surface area contributed by atoms with Gasteiger partial charge in [0, 0.05) is 22.7 Å². The number of amides is 1. The Morgan fingerprint density at radius 2 is 1.87 bits per heavy atom. The number of nitrogens with two attached hydrogens (primary N) is 1. The molecule has 0 heterocycles. The van der Waals surface area contributed by atoms with Crippen LogP contribution in [-0.2, 0) is 6.42 Å². The first-order valence-corrected chi connectivity index (χ1v) is 10.9. The van der Waals surface area contributed by atoms with E-state index in [0.29, 0.717) is 17.2 Å². The zero-order valence-electron chi connectivity index (χ0n) is 17.5. The van der Waals surface area contributed by atoms with Gasteiger partial charge in [-0.05, 0) is 86.8 Å². The second-order valence-corrected chi connectivity index (χ2v) is 9.02. The van der Waals surface area contributed by atoms with Crippen molar-refractivity contribution in [3.63, 3.8) is 0 Å². The highest BCUT2D eigenvalue weighted by Crippen LogP contribution is 2.38. The van der Waals surface area contributed by atoms with Crippen LogP contribution < -0.4 is 11.1 Å². The van der Waals surface area contributed by atoms with Crippen molar-refractivity contribution in [1.82, 2.24) is 5.32 Å². The molecule has 0 radical (unpaired) electrons. The lowest BCUT2D eigenvalue weighted by Gasteiger charge is -2.41. The molecule has 2 aliphatic rings. The van der Waals surface area contributed by atoms with Crippen LogP contribution in [0.5, 0.6) is 0 Å². The van der Waals surface area contributed by atoms with Crippen LogP contribution >= 0.6 is 0 Å². The number of halogens is 1. The standard InChI is InChI=1S/C26H29FN2O/c1-18-12-14-26(15-13-18,29-22-9-10-22)17-21-16-19(7-11-23(21)25(28)30)6-8-20-4-2-3-5-24(20)27/h2-5,7,11,16,18,22,29H,9-10,12-15,17H2,1H3,(H2,28,30). The van der Waals surface area contributed by atoms with Crippen LogP contribution in [0.15, 0.2) is 42.5 Å². The van der Waals surface area contributed by atoms with Gasteiger partial charge in [0.25, 0.3) is 0 Å². The highest BCUT2D eigenvalue weighted by Gasteiger charge is 2.39. The molecule has 1 amide bonds. The van der Waals surface area contributed by atoms with Gasteiger partial charge in [0.15, 0.2) is 0 Å². The maximum absolute atomic E-state index is 13.9. The van der Waals surface area contributed by atoms with E-state index < -0.39 is 5.91 Å². The molecule has 0 spiro atoms. The van der Waals surface area contributed by atoms with E-state index in [4.69, 9.17) is 5.73 Å². The van der Waals surface area contributed by atoms with E-state index in [1.165, 1.54) is 31.7 Å². The van der Waals surface area contributed by atoms with Crippen LogP contribution in [0.2, 0.25) is 0 Å². The minimum absolute atomic E-state index is 0.00939. The van der Waals surface area contributed by atoms with Gasteiger partial charge >= 0.3 is 0 Å². The Bertz CT molecular complexity index is 992. The summed E-state index contributed by atoms with van der Waals surface area (Å²) >= 11 is 0. The number of carbonyl (C=O) groups is 1. The Balaban J connectivity index is 1.64. The molecule has 2 aromatic rings. The second kappa shape index (κ2) is 8.62. The van der Waals surface area contributed by atoms with Crippen molar-refractivity contribution in [3.05, 3.63) is 70.5 Å². The van der Waals surface area contributed by atoms with E-state index in [-0.39, 0.29) is 11.4 Å². The normalized spacial score (nSPS) is 23.5. The predicted molar refractivity (Wildman–Crippen MR) is 118 cm³/mol. The number of rotatable bonds is 5. The van der Waals surface area contributed by atoms with Crippen molar-refractivity contribution in [2.45, 2.75) is 63.5 Å². The molecule has 30 heavy (non-hydrogen) atoms. The first-order valence-electron chi connectivity index (χ1n) is 10.9. The molecular weight excluding hydrogens is 375 g/mol. The minimum Gasteiger partial charge on any atom is -0.366 e. The Hall–Kier alpha value is -2.64. The fraction of sp³-hybridized carbons (Fsp3) is 0.423.